The molecule has 0 fully saturated rings. The van der Waals surface area contributed by atoms with Crippen LogP contribution in [0.4, 0.5) is 13.2 Å². The second-order valence-corrected chi connectivity index (χ2v) is 3.77. The second kappa shape index (κ2) is 5.25. The Balaban J connectivity index is 2.73. The monoisotopic (exact) mass is 282 g/mol. The van der Waals surface area contributed by atoms with Gasteiger partial charge in [-0.05, 0) is 12.1 Å². The van der Waals surface area contributed by atoms with Crippen LogP contribution in [0.1, 0.15) is 15.9 Å². The van der Waals surface area contributed by atoms with Crippen LogP contribution in [0.5, 0.6) is 0 Å². The van der Waals surface area contributed by atoms with E-state index in [4.69, 9.17) is 5.84 Å². The molecule has 0 aliphatic heterocycles. The topological polar surface area (TPSA) is 80.9 Å². The fourth-order valence-electron chi connectivity index (χ4n) is 1.75. The Hall–Kier alpha value is -2.48. The van der Waals surface area contributed by atoms with Crippen molar-refractivity contribution in [3.8, 4) is 11.4 Å². The molecule has 1 heterocycles. The average molecular weight is 282 g/mol. The molecular formula is C12H9F3N4O. The first-order chi connectivity index (χ1) is 9.45. The van der Waals surface area contributed by atoms with Gasteiger partial charge in [-0.25, -0.2) is 15.8 Å². The highest BCUT2D eigenvalue weighted by molar-refractivity contribution is 5.97. The Labute approximate surface area is 111 Å². The summed E-state index contributed by atoms with van der Waals surface area (Å²) in [5.41, 5.74) is -0.281. The predicted molar refractivity (Wildman–Crippen MR) is 64.1 cm³/mol. The van der Waals surface area contributed by atoms with Gasteiger partial charge in [-0.2, -0.15) is 13.2 Å². The summed E-state index contributed by atoms with van der Waals surface area (Å²) in [7, 11) is 0. The Kier molecular flexibility index (Phi) is 3.66. The van der Waals surface area contributed by atoms with E-state index in [1.807, 2.05) is 0 Å². The van der Waals surface area contributed by atoms with E-state index >= 15 is 0 Å². The second-order valence-electron chi connectivity index (χ2n) is 3.77. The SMILES string of the molecule is NNC(=O)c1cccc(-c2ncccn2)c1C(F)(F)F. The van der Waals surface area contributed by atoms with Gasteiger partial charge >= 0.3 is 6.18 Å². The van der Waals surface area contributed by atoms with Crippen LogP contribution in [0.3, 0.4) is 0 Å². The maximum absolute atomic E-state index is 13.2. The molecule has 0 saturated carbocycles. The zero-order valence-corrected chi connectivity index (χ0v) is 9.98. The highest BCUT2D eigenvalue weighted by Crippen LogP contribution is 2.38. The summed E-state index contributed by atoms with van der Waals surface area (Å²) in [6.07, 6.45) is -2.10. The summed E-state index contributed by atoms with van der Waals surface area (Å²) in [4.78, 5) is 19.0. The number of nitrogens with two attached hydrogens (primary N) is 1. The number of benzene rings is 1. The zero-order chi connectivity index (χ0) is 14.8. The maximum atomic E-state index is 13.2. The molecule has 0 atom stereocenters. The smallest absolute Gasteiger partial charge is 0.290 e. The lowest BCUT2D eigenvalue weighted by Crippen LogP contribution is -2.32. The minimum absolute atomic E-state index is 0.119. The van der Waals surface area contributed by atoms with Crippen molar-refractivity contribution in [1.82, 2.24) is 15.4 Å². The molecule has 0 bridgehead atoms. The lowest BCUT2D eigenvalue weighted by molar-refractivity contribution is -0.137. The molecule has 3 N–H and O–H groups in total. The lowest BCUT2D eigenvalue weighted by Gasteiger charge is -2.15. The van der Waals surface area contributed by atoms with E-state index in [0.717, 1.165) is 6.07 Å². The third kappa shape index (κ3) is 2.59. The Morgan fingerprint density at radius 2 is 1.80 bits per heavy atom. The molecule has 0 aliphatic rings. The number of rotatable bonds is 2. The molecule has 0 unspecified atom stereocenters. The van der Waals surface area contributed by atoms with Crippen LogP contribution >= 0.6 is 0 Å². The summed E-state index contributed by atoms with van der Waals surface area (Å²) in [6.45, 7) is 0. The van der Waals surface area contributed by atoms with Crippen LogP contribution in [-0.2, 0) is 6.18 Å². The summed E-state index contributed by atoms with van der Waals surface area (Å²) >= 11 is 0. The van der Waals surface area contributed by atoms with E-state index in [1.54, 1.807) is 5.43 Å². The molecule has 0 saturated heterocycles. The standard InChI is InChI=1S/C12H9F3N4O/c13-12(14,15)9-7(10-17-5-2-6-18-10)3-1-4-8(9)11(20)19-16/h1-6H,16H2,(H,19,20). The third-order valence-electron chi connectivity index (χ3n) is 2.53. The normalized spacial score (nSPS) is 11.2. The number of nitrogen functional groups attached to an aromatic ring is 1. The number of hydrazine groups is 1. The molecule has 104 valence electrons. The van der Waals surface area contributed by atoms with Gasteiger partial charge in [-0.15, -0.1) is 0 Å². The molecule has 2 rings (SSSR count). The summed E-state index contributed by atoms with van der Waals surface area (Å²) in [5.74, 6) is 3.76. The third-order valence-corrected chi connectivity index (χ3v) is 2.53. The maximum Gasteiger partial charge on any atom is 0.417 e. The molecule has 5 nitrogen and oxygen atoms in total. The van der Waals surface area contributed by atoms with Crippen molar-refractivity contribution in [3.63, 3.8) is 0 Å². The minimum atomic E-state index is -4.74. The number of halogens is 3. The molecular weight excluding hydrogens is 273 g/mol. The van der Waals surface area contributed by atoms with Crippen LogP contribution in [0.15, 0.2) is 36.7 Å². The number of carbonyl (C=O) groups is 1. The van der Waals surface area contributed by atoms with E-state index in [9.17, 15) is 18.0 Å². The average Bonchev–Trinajstić information content (AvgIpc) is 2.45. The van der Waals surface area contributed by atoms with Crippen LogP contribution in [0.2, 0.25) is 0 Å². The van der Waals surface area contributed by atoms with Crippen LogP contribution in [0, 0.1) is 0 Å². The van der Waals surface area contributed by atoms with Crippen molar-refractivity contribution < 1.29 is 18.0 Å². The van der Waals surface area contributed by atoms with Crippen molar-refractivity contribution in [2.75, 3.05) is 0 Å². The van der Waals surface area contributed by atoms with E-state index in [1.165, 1.54) is 30.6 Å². The van der Waals surface area contributed by atoms with Gasteiger partial charge in [-0.1, -0.05) is 12.1 Å². The van der Waals surface area contributed by atoms with Gasteiger partial charge in [-0.3, -0.25) is 10.2 Å². The largest absolute Gasteiger partial charge is 0.417 e. The quantitative estimate of drug-likeness (QED) is 0.499. The van der Waals surface area contributed by atoms with Crippen molar-refractivity contribution >= 4 is 5.91 Å². The van der Waals surface area contributed by atoms with Gasteiger partial charge < -0.3 is 0 Å². The number of carbonyl (C=O) groups excluding carboxylic acids is 1. The number of alkyl halides is 3. The van der Waals surface area contributed by atoms with Gasteiger partial charge in [0.15, 0.2) is 5.82 Å². The van der Waals surface area contributed by atoms with E-state index in [0.29, 0.717) is 0 Å². The minimum Gasteiger partial charge on any atom is -0.290 e. The predicted octanol–water partition coefficient (Wildman–Crippen LogP) is 1.77. The van der Waals surface area contributed by atoms with Gasteiger partial charge in [0.2, 0.25) is 0 Å². The molecule has 20 heavy (non-hydrogen) atoms. The van der Waals surface area contributed by atoms with Crippen LogP contribution < -0.4 is 11.3 Å². The molecule has 8 heteroatoms. The molecule has 0 spiro atoms. The first-order valence-electron chi connectivity index (χ1n) is 5.43. The number of nitrogens with zero attached hydrogens (tertiary/aromatic N) is 2. The molecule has 1 aromatic carbocycles. The Morgan fingerprint density at radius 3 is 2.35 bits per heavy atom. The highest BCUT2D eigenvalue weighted by atomic mass is 19.4. The molecule has 1 aromatic heterocycles. The van der Waals surface area contributed by atoms with Gasteiger partial charge in [0.05, 0.1) is 11.1 Å². The number of hydrogen-bond donors (Lipinski definition) is 2. The lowest BCUT2D eigenvalue weighted by atomic mass is 9.99. The summed E-state index contributed by atoms with van der Waals surface area (Å²) in [6, 6.07) is 5.03. The van der Waals surface area contributed by atoms with Gasteiger partial charge in [0.25, 0.3) is 5.91 Å². The first kappa shape index (κ1) is 13.9. The van der Waals surface area contributed by atoms with Crippen LogP contribution in [0.25, 0.3) is 11.4 Å². The Morgan fingerprint density at radius 1 is 1.15 bits per heavy atom. The van der Waals surface area contributed by atoms with Gasteiger partial charge in [0, 0.05) is 18.0 Å². The fourth-order valence-corrected chi connectivity index (χ4v) is 1.75. The first-order valence-corrected chi connectivity index (χ1v) is 5.43. The van der Waals surface area contributed by atoms with Crippen molar-refractivity contribution in [2.45, 2.75) is 6.18 Å². The zero-order valence-electron chi connectivity index (χ0n) is 9.98. The molecule has 1 amide bonds. The fraction of sp³-hybridized carbons (Fsp3) is 0.0833. The van der Waals surface area contributed by atoms with Crippen molar-refractivity contribution in [1.29, 1.82) is 0 Å². The Bertz CT molecular complexity index is 628. The van der Waals surface area contributed by atoms with E-state index < -0.39 is 23.2 Å². The van der Waals surface area contributed by atoms with Gasteiger partial charge in [0.1, 0.15) is 0 Å². The number of hydrogen-bond acceptors (Lipinski definition) is 4. The van der Waals surface area contributed by atoms with Crippen LogP contribution in [-0.4, -0.2) is 15.9 Å². The summed E-state index contributed by atoms with van der Waals surface area (Å²) < 4.78 is 39.6. The van der Waals surface area contributed by atoms with E-state index in [-0.39, 0.29) is 11.4 Å². The number of nitrogens with one attached hydrogen (secondary N) is 1. The summed E-state index contributed by atoms with van der Waals surface area (Å²) in [5, 5.41) is 0. The molecule has 0 radical (unpaired) electrons. The highest BCUT2D eigenvalue weighted by Gasteiger charge is 2.38. The number of amides is 1. The van der Waals surface area contributed by atoms with Crippen molar-refractivity contribution in [3.05, 3.63) is 47.8 Å². The molecule has 0 aliphatic carbocycles. The number of aromatic nitrogens is 2. The van der Waals surface area contributed by atoms with E-state index in [2.05, 4.69) is 9.97 Å². The van der Waals surface area contributed by atoms with Crippen molar-refractivity contribution in [2.24, 2.45) is 5.84 Å². The molecule has 2 aromatic rings.